The molecule has 0 saturated carbocycles. The molecule has 0 aliphatic carbocycles. The number of aromatic nitrogens is 2. The fourth-order valence-electron chi connectivity index (χ4n) is 1.89. The van der Waals surface area contributed by atoms with Crippen molar-refractivity contribution in [3.8, 4) is 0 Å². The highest BCUT2D eigenvalue weighted by atomic mass is 35.5. The molecule has 20 heavy (non-hydrogen) atoms. The largest absolute Gasteiger partial charge is 0.373 e. The Bertz CT molecular complexity index is 598. The normalized spacial score (nSPS) is 10.4. The van der Waals surface area contributed by atoms with E-state index in [0.29, 0.717) is 5.02 Å². The van der Waals surface area contributed by atoms with E-state index in [1.165, 1.54) is 0 Å². The quantitative estimate of drug-likeness (QED) is 0.867. The Labute approximate surface area is 124 Å². The molecule has 1 aromatic heterocycles. The second-order valence-electron chi connectivity index (χ2n) is 4.64. The molecule has 2 N–H and O–H groups in total. The van der Waals surface area contributed by atoms with E-state index in [1.807, 2.05) is 38.2 Å². The molecular formula is C15H19ClN4. The lowest BCUT2D eigenvalue weighted by Crippen LogP contribution is -2.04. The van der Waals surface area contributed by atoms with Gasteiger partial charge in [-0.15, -0.1) is 0 Å². The number of nitrogens with one attached hydrogen (secondary N) is 2. The van der Waals surface area contributed by atoms with Gasteiger partial charge >= 0.3 is 0 Å². The van der Waals surface area contributed by atoms with Crippen molar-refractivity contribution in [1.29, 1.82) is 0 Å². The van der Waals surface area contributed by atoms with Gasteiger partial charge in [-0.3, -0.25) is 0 Å². The fraction of sp³-hybridized carbons (Fsp3) is 0.333. The molecule has 0 spiro atoms. The molecule has 0 bridgehead atoms. The molecule has 1 aromatic carbocycles. The van der Waals surface area contributed by atoms with Crippen LogP contribution in [-0.4, -0.2) is 17.0 Å². The van der Waals surface area contributed by atoms with Crippen molar-refractivity contribution in [3.05, 3.63) is 40.7 Å². The summed E-state index contributed by atoms with van der Waals surface area (Å²) in [6.45, 7) is 4.15. The van der Waals surface area contributed by atoms with Crippen molar-refractivity contribution in [2.75, 3.05) is 17.7 Å². The number of halogens is 1. The third-order valence-corrected chi connectivity index (χ3v) is 3.20. The first kappa shape index (κ1) is 14.6. The number of aryl methyl sites for hydroxylation is 2. The lowest BCUT2D eigenvalue weighted by Gasteiger charge is -2.11. The third kappa shape index (κ3) is 3.61. The van der Waals surface area contributed by atoms with Crippen molar-refractivity contribution in [3.63, 3.8) is 0 Å². The average Bonchev–Trinajstić information content (AvgIpc) is 2.43. The maximum absolute atomic E-state index is 6.04. The fourth-order valence-corrected chi connectivity index (χ4v) is 2.06. The SMILES string of the molecule is CCCc1nc(NC)cc(Nc2cc(Cl)ccc2C)n1. The van der Waals surface area contributed by atoms with Gasteiger partial charge < -0.3 is 10.6 Å². The molecule has 0 aliphatic rings. The van der Waals surface area contributed by atoms with Gasteiger partial charge in [0.15, 0.2) is 0 Å². The highest BCUT2D eigenvalue weighted by Crippen LogP contribution is 2.24. The Morgan fingerprint density at radius 1 is 1.15 bits per heavy atom. The maximum Gasteiger partial charge on any atom is 0.136 e. The first-order chi connectivity index (χ1) is 9.62. The topological polar surface area (TPSA) is 49.8 Å². The number of nitrogens with zero attached hydrogens (tertiary/aromatic N) is 2. The van der Waals surface area contributed by atoms with Crippen LogP contribution in [0.1, 0.15) is 24.7 Å². The standard InChI is InChI=1S/C15H19ClN4/c1-4-5-13-19-14(17-3)9-15(20-13)18-12-8-11(16)7-6-10(12)2/h6-9H,4-5H2,1-3H3,(H2,17,18,19,20). The van der Waals surface area contributed by atoms with Crippen LogP contribution in [0.15, 0.2) is 24.3 Å². The maximum atomic E-state index is 6.04. The Morgan fingerprint density at radius 2 is 1.90 bits per heavy atom. The van der Waals surface area contributed by atoms with Crippen LogP contribution in [0.4, 0.5) is 17.3 Å². The number of rotatable bonds is 5. The van der Waals surface area contributed by atoms with Crippen molar-refractivity contribution < 1.29 is 0 Å². The Morgan fingerprint density at radius 3 is 2.60 bits per heavy atom. The number of hydrogen-bond acceptors (Lipinski definition) is 4. The Kier molecular flexibility index (Phi) is 4.79. The molecule has 0 amide bonds. The van der Waals surface area contributed by atoms with Crippen LogP contribution >= 0.6 is 11.6 Å². The highest BCUT2D eigenvalue weighted by Gasteiger charge is 2.06. The average molecular weight is 291 g/mol. The molecule has 4 nitrogen and oxygen atoms in total. The van der Waals surface area contributed by atoms with Crippen molar-refractivity contribution in [1.82, 2.24) is 9.97 Å². The van der Waals surface area contributed by atoms with Gasteiger partial charge in [0.1, 0.15) is 17.5 Å². The zero-order chi connectivity index (χ0) is 14.5. The summed E-state index contributed by atoms with van der Waals surface area (Å²) in [5, 5.41) is 7.08. The summed E-state index contributed by atoms with van der Waals surface area (Å²) in [6, 6.07) is 7.65. The lowest BCUT2D eigenvalue weighted by molar-refractivity contribution is 0.838. The number of hydrogen-bond donors (Lipinski definition) is 2. The zero-order valence-corrected chi connectivity index (χ0v) is 12.8. The molecule has 106 valence electrons. The Hall–Kier alpha value is -1.81. The minimum atomic E-state index is 0.703. The van der Waals surface area contributed by atoms with Gasteiger partial charge in [-0.1, -0.05) is 24.6 Å². The van der Waals surface area contributed by atoms with Gasteiger partial charge in [-0.25, -0.2) is 9.97 Å². The van der Waals surface area contributed by atoms with E-state index < -0.39 is 0 Å². The summed E-state index contributed by atoms with van der Waals surface area (Å²) >= 11 is 6.04. The highest BCUT2D eigenvalue weighted by molar-refractivity contribution is 6.30. The van der Waals surface area contributed by atoms with Crippen LogP contribution < -0.4 is 10.6 Å². The van der Waals surface area contributed by atoms with Gasteiger partial charge in [-0.05, 0) is 31.0 Å². The van der Waals surface area contributed by atoms with Gasteiger partial charge in [0.05, 0.1) is 0 Å². The Balaban J connectivity index is 2.32. The predicted molar refractivity (Wildman–Crippen MR) is 85.0 cm³/mol. The van der Waals surface area contributed by atoms with E-state index in [1.54, 1.807) is 0 Å². The van der Waals surface area contributed by atoms with Gasteiger partial charge in [0.2, 0.25) is 0 Å². The number of benzene rings is 1. The summed E-state index contributed by atoms with van der Waals surface area (Å²) < 4.78 is 0. The van der Waals surface area contributed by atoms with Crippen molar-refractivity contribution in [2.45, 2.75) is 26.7 Å². The van der Waals surface area contributed by atoms with Crippen LogP contribution in [0.25, 0.3) is 0 Å². The van der Waals surface area contributed by atoms with Crippen LogP contribution in [0, 0.1) is 6.92 Å². The molecule has 0 radical (unpaired) electrons. The number of anilines is 3. The molecular weight excluding hydrogens is 272 g/mol. The van der Waals surface area contributed by atoms with E-state index >= 15 is 0 Å². The van der Waals surface area contributed by atoms with E-state index in [0.717, 1.165) is 41.6 Å². The molecule has 2 rings (SSSR count). The molecule has 0 saturated heterocycles. The van der Waals surface area contributed by atoms with E-state index in [-0.39, 0.29) is 0 Å². The minimum absolute atomic E-state index is 0.703. The van der Waals surface area contributed by atoms with E-state index in [2.05, 4.69) is 27.5 Å². The minimum Gasteiger partial charge on any atom is -0.373 e. The van der Waals surface area contributed by atoms with Crippen LogP contribution in [-0.2, 0) is 6.42 Å². The van der Waals surface area contributed by atoms with E-state index in [9.17, 15) is 0 Å². The first-order valence-corrected chi connectivity index (χ1v) is 7.09. The predicted octanol–water partition coefficient (Wildman–Crippen LogP) is 4.18. The van der Waals surface area contributed by atoms with Gasteiger partial charge in [0.25, 0.3) is 0 Å². The molecule has 0 fully saturated rings. The summed E-state index contributed by atoms with van der Waals surface area (Å²) in [5.41, 5.74) is 2.08. The molecule has 2 aromatic rings. The summed E-state index contributed by atoms with van der Waals surface area (Å²) in [5.74, 6) is 2.42. The monoisotopic (exact) mass is 290 g/mol. The lowest BCUT2D eigenvalue weighted by atomic mass is 10.2. The molecule has 5 heteroatoms. The molecule has 0 unspecified atom stereocenters. The van der Waals surface area contributed by atoms with Gasteiger partial charge in [-0.2, -0.15) is 0 Å². The summed E-state index contributed by atoms with van der Waals surface area (Å²) in [4.78, 5) is 8.97. The van der Waals surface area contributed by atoms with E-state index in [4.69, 9.17) is 11.6 Å². The molecule has 0 atom stereocenters. The van der Waals surface area contributed by atoms with Crippen LogP contribution in [0.5, 0.6) is 0 Å². The zero-order valence-electron chi connectivity index (χ0n) is 12.0. The summed E-state index contributed by atoms with van der Waals surface area (Å²) in [7, 11) is 1.85. The van der Waals surface area contributed by atoms with Crippen LogP contribution in [0.3, 0.4) is 0 Å². The third-order valence-electron chi connectivity index (χ3n) is 2.96. The van der Waals surface area contributed by atoms with Gasteiger partial charge in [0, 0.05) is 30.2 Å². The smallest absolute Gasteiger partial charge is 0.136 e. The second kappa shape index (κ2) is 6.57. The molecule has 0 aliphatic heterocycles. The molecule has 1 heterocycles. The van der Waals surface area contributed by atoms with Crippen LogP contribution in [0.2, 0.25) is 5.02 Å². The first-order valence-electron chi connectivity index (χ1n) is 6.71. The second-order valence-corrected chi connectivity index (χ2v) is 5.08. The van der Waals surface area contributed by atoms with Crippen molar-refractivity contribution in [2.24, 2.45) is 0 Å². The van der Waals surface area contributed by atoms with Crippen molar-refractivity contribution >= 4 is 28.9 Å². The summed E-state index contributed by atoms with van der Waals surface area (Å²) in [6.07, 6.45) is 1.88.